The molecule has 0 unspecified atom stereocenters. The van der Waals surface area contributed by atoms with Gasteiger partial charge in [0.25, 0.3) is 0 Å². The Balaban J connectivity index is 1.88. The van der Waals surface area contributed by atoms with Gasteiger partial charge < -0.3 is 5.32 Å². The Kier molecular flexibility index (Phi) is 5.96. The summed E-state index contributed by atoms with van der Waals surface area (Å²) in [6.45, 7) is 3.26. The summed E-state index contributed by atoms with van der Waals surface area (Å²) in [4.78, 5) is 15.4. The first-order valence-corrected chi connectivity index (χ1v) is 8.49. The standard InChI is InChI=1S/C16H19BrN2OS/c1-12(16(20)18-10-14-7-5-9-21-14)19(2)11-13-6-3-4-8-15(13)17/h3-9,12H,10-11H2,1-2H3,(H,18,20)/t12-/m0/s1. The molecular weight excluding hydrogens is 348 g/mol. The summed E-state index contributed by atoms with van der Waals surface area (Å²) < 4.78 is 1.07. The van der Waals surface area contributed by atoms with Crippen molar-refractivity contribution < 1.29 is 4.79 Å². The first-order valence-electron chi connectivity index (χ1n) is 6.81. The van der Waals surface area contributed by atoms with Gasteiger partial charge in [0, 0.05) is 15.9 Å². The fourth-order valence-corrected chi connectivity index (χ4v) is 3.02. The molecule has 1 aromatic heterocycles. The number of likely N-dealkylation sites (N-methyl/N-ethyl adjacent to an activating group) is 1. The zero-order valence-corrected chi connectivity index (χ0v) is 14.6. The normalized spacial score (nSPS) is 12.4. The van der Waals surface area contributed by atoms with Crippen LogP contribution in [0.2, 0.25) is 0 Å². The lowest BCUT2D eigenvalue weighted by Gasteiger charge is -2.24. The summed E-state index contributed by atoms with van der Waals surface area (Å²) >= 11 is 5.20. The summed E-state index contributed by atoms with van der Waals surface area (Å²) in [5.74, 6) is 0.0537. The maximum absolute atomic E-state index is 12.2. The zero-order chi connectivity index (χ0) is 15.2. The number of rotatable bonds is 6. The highest BCUT2D eigenvalue weighted by molar-refractivity contribution is 9.10. The zero-order valence-electron chi connectivity index (χ0n) is 12.2. The summed E-state index contributed by atoms with van der Waals surface area (Å²) in [6.07, 6.45) is 0. The van der Waals surface area contributed by atoms with E-state index in [1.807, 2.05) is 54.6 Å². The number of benzene rings is 1. The van der Waals surface area contributed by atoms with Crippen molar-refractivity contribution in [3.63, 3.8) is 0 Å². The monoisotopic (exact) mass is 366 g/mol. The molecule has 0 radical (unpaired) electrons. The van der Waals surface area contributed by atoms with Crippen LogP contribution < -0.4 is 5.32 Å². The molecule has 1 amide bonds. The Labute approximate surface area is 138 Å². The number of hydrogen-bond acceptors (Lipinski definition) is 3. The summed E-state index contributed by atoms with van der Waals surface area (Å²) in [5.41, 5.74) is 1.18. The van der Waals surface area contributed by atoms with Gasteiger partial charge in [0.05, 0.1) is 12.6 Å². The third-order valence-corrected chi connectivity index (χ3v) is 5.09. The van der Waals surface area contributed by atoms with Crippen molar-refractivity contribution in [3.8, 4) is 0 Å². The van der Waals surface area contributed by atoms with Gasteiger partial charge in [0.1, 0.15) is 0 Å². The van der Waals surface area contributed by atoms with Crippen LogP contribution >= 0.6 is 27.3 Å². The topological polar surface area (TPSA) is 32.3 Å². The molecule has 5 heteroatoms. The van der Waals surface area contributed by atoms with Crippen molar-refractivity contribution in [1.82, 2.24) is 10.2 Å². The van der Waals surface area contributed by atoms with Crippen LogP contribution in [0, 0.1) is 0 Å². The molecule has 1 N–H and O–H groups in total. The van der Waals surface area contributed by atoms with Crippen LogP contribution in [-0.2, 0) is 17.9 Å². The first-order chi connectivity index (χ1) is 10.1. The van der Waals surface area contributed by atoms with E-state index in [1.54, 1.807) is 11.3 Å². The largest absolute Gasteiger partial charge is 0.350 e. The van der Waals surface area contributed by atoms with E-state index in [0.29, 0.717) is 6.54 Å². The molecule has 21 heavy (non-hydrogen) atoms. The Morgan fingerprint density at radius 1 is 1.33 bits per heavy atom. The Bertz CT molecular complexity index is 586. The molecule has 0 aliphatic heterocycles. The molecule has 3 nitrogen and oxygen atoms in total. The summed E-state index contributed by atoms with van der Waals surface area (Å²) in [6, 6.07) is 11.9. The van der Waals surface area contributed by atoms with E-state index < -0.39 is 0 Å². The lowest BCUT2D eigenvalue weighted by Crippen LogP contribution is -2.42. The molecule has 0 saturated carbocycles. The maximum atomic E-state index is 12.2. The lowest BCUT2D eigenvalue weighted by molar-refractivity contribution is -0.125. The Morgan fingerprint density at radius 2 is 2.10 bits per heavy atom. The van der Waals surface area contributed by atoms with Crippen molar-refractivity contribution in [2.45, 2.75) is 26.1 Å². The molecule has 2 aromatic rings. The van der Waals surface area contributed by atoms with Crippen molar-refractivity contribution in [2.24, 2.45) is 0 Å². The van der Waals surface area contributed by atoms with Gasteiger partial charge in [0.2, 0.25) is 5.91 Å². The van der Waals surface area contributed by atoms with Crippen LogP contribution in [0.15, 0.2) is 46.3 Å². The molecule has 1 aromatic carbocycles. The minimum absolute atomic E-state index is 0.0537. The van der Waals surface area contributed by atoms with Gasteiger partial charge in [-0.2, -0.15) is 0 Å². The molecule has 0 aliphatic rings. The second-order valence-corrected chi connectivity index (χ2v) is 6.87. The van der Waals surface area contributed by atoms with Gasteiger partial charge in [-0.3, -0.25) is 9.69 Å². The van der Waals surface area contributed by atoms with Gasteiger partial charge in [-0.15, -0.1) is 11.3 Å². The van der Waals surface area contributed by atoms with E-state index in [2.05, 4.69) is 27.3 Å². The molecule has 1 atom stereocenters. The van der Waals surface area contributed by atoms with Gasteiger partial charge in [-0.05, 0) is 37.0 Å². The molecule has 0 spiro atoms. The third-order valence-electron chi connectivity index (χ3n) is 3.44. The minimum Gasteiger partial charge on any atom is -0.350 e. The second-order valence-electron chi connectivity index (χ2n) is 4.98. The molecule has 0 fully saturated rings. The summed E-state index contributed by atoms with van der Waals surface area (Å²) in [7, 11) is 1.97. The van der Waals surface area contributed by atoms with Crippen molar-refractivity contribution >= 4 is 33.2 Å². The molecule has 0 bridgehead atoms. The minimum atomic E-state index is -0.169. The maximum Gasteiger partial charge on any atom is 0.237 e. The van der Waals surface area contributed by atoms with Crippen LogP contribution in [0.3, 0.4) is 0 Å². The van der Waals surface area contributed by atoms with E-state index in [9.17, 15) is 4.79 Å². The fraction of sp³-hybridized carbons (Fsp3) is 0.312. The predicted molar refractivity (Wildman–Crippen MR) is 91.2 cm³/mol. The van der Waals surface area contributed by atoms with Crippen molar-refractivity contribution in [2.75, 3.05) is 7.05 Å². The van der Waals surface area contributed by atoms with E-state index >= 15 is 0 Å². The van der Waals surface area contributed by atoms with Crippen molar-refractivity contribution in [1.29, 1.82) is 0 Å². The Morgan fingerprint density at radius 3 is 2.76 bits per heavy atom. The van der Waals surface area contributed by atoms with Gasteiger partial charge >= 0.3 is 0 Å². The molecular formula is C16H19BrN2OS. The average molecular weight is 367 g/mol. The highest BCUT2D eigenvalue weighted by atomic mass is 79.9. The number of thiophene rings is 1. The van der Waals surface area contributed by atoms with Crippen LogP contribution in [0.25, 0.3) is 0 Å². The van der Waals surface area contributed by atoms with Gasteiger partial charge in [-0.25, -0.2) is 0 Å². The number of amides is 1. The number of carbonyl (C=O) groups is 1. The SMILES string of the molecule is C[C@@H](C(=O)NCc1cccs1)N(C)Cc1ccccc1Br. The smallest absolute Gasteiger partial charge is 0.237 e. The lowest BCUT2D eigenvalue weighted by atomic mass is 10.2. The molecule has 112 valence electrons. The molecule has 0 aliphatic carbocycles. The molecule has 1 heterocycles. The highest BCUT2D eigenvalue weighted by Gasteiger charge is 2.18. The van der Waals surface area contributed by atoms with E-state index in [1.165, 1.54) is 10.4 Å². The molecule has 0 saturated heterocycles. The number of nitrogens with one attached hydrogen (secondary N) is 1. The molecule has 2 rings (SSSR count). The third kappa shape index (κ3) is 4.66. The number of hydrogen-bond donors (Lipinski definition) is 1. The first kappa shape index (κ1) is 16.2. The van der Waals surface area contributed by atoms with E-state index in [-0.39, 0.29) is 11.9 Å². The second kappa shape index (κ2) is 7.73. The summed E-state index contributed by atoms with van der Waals surface area (Å²) in [5, 5.41) is 5.00. The van der Waals surface area contributed by atoms with Crippen molar-refractivity contribution in [3.05, 3.63) is 56.7 Å². The fourth-order valence-electron chi connectivity index (χ4n) is 1.97. The van der Waals surface area contributed by atoms with Gasteiger partial charge in [-0.1, -0.05) is 40.2 Å². The average Bonchev–Trinajstić information content (AvgIpc) is 2.99. The van der Waals surface area contributed by atoms with Crippen LogP contribution in [-0.4, -0.2) is 23.9 Å². The van der Waals surface area contributed by atoms with Crippen LogP contribution in [0.5, 0.6) is 0 Å². The van der Waals surface area contributed by atoms with Crippen LogP contribution in [0.1, 0.15) is 17.4 Å². The van der Waals surface area contributed by atoms with Gasteiger partial charge in [0.15, 0.2) is 0 Å². The Hall–Kier alpha value is -1.17. The highest BCUT2D eigenvalue weighted by Crippen LogP contribution is 2.18. The van der Waals surface area contributed by atoms with E-state index in [4.69, 9.17) is 0 Å². The van der Waals surface area contributed by atoms with Crippen LogP contribution in [0.4, 0.5) is 0 Å². The van der Waals surface area contributed by atoms with E-state index in [0.717, 1.165) is 11.0 Å². The predicted octanol–water partition coefficient (Wildman–Crippen LogP) is 3.65. The number of halogens is 1. The number of nitrogens with zero attached hydrogens (tertiary/aromatic N) is 1. The number of carbonyl (C=O) groups excluding carboxylic acids is 1. The quantitative estimate of drug-likeness (QED) is 0.845.